The van der Waals surface area contributed by atoms with Crippen molar-refractivity contribution in [2.45, 2.75) is 221 Å². The highest BCUT2D eigenvalue weighted by Gasteiger charge is 2.23. The molecule has 0 radical (unpaired) electrons. The molecule has 0 aromatic carbocycles. The first-order chi connectivity index (χ1) is 27.6. The van der Waals surface area contributed by atoms with Gasteiger partial charge in [0.1, 0.15) is 0 Å². The number of hydrogen-bond acceptors (Lipinski definition) is 7. The zero-order chi connectivity index (χ0) is 41.9. The molecule has 0 saturated carbocycles. The van der Waals surface area contributed by atoms with Gasteiger partial charge in [0, 0.05) is 0 Å². The van der Waals surface area contributed by atoms with Crippen LogP contribution < -0.4 is 32.3 Å². The van der Waals surface area contributed by atoms with E-state index in [1.54, 1.807) is 0 Å². The van der Waals surface area contributed by atoms with Gasteiger partial charge in [-0.1, -0.05) is 183 Å². The third-order valence-corrected chi connectivity index (χ3v) is 10.5. The van der Waals surface area contributed by atoms with Gasteiger partial charge in [0.25, 0.3) is 11.8 Å². The van der Waals surface area contributed by atoms with Crippen LogP contribution in [0.1, 0.15) is 230 Å². The van der Waals surface area contributed by atoms with Crippen molar-refractivity contribution in [3.05, 3.63) is 23.7 Å². The normalized spacial score (nSPS) is 12.5. The fourth-order valence-electron chi connectivity index (χ4n) is 7.11. The minimum absolute atomic E-state index is 0.140. The summed E-state index contributed by atoms with van der Waals surface area (Å²) in [7, 11) is 0. The second-order valence-electron chi connectivity index (χ2n) is 17.1. The van der Waals surface area contributed by atoms with Crippen molar-refractivity contribution in [2.24, 2.45) is 11.8 Å². The van der Waals surface area contributed by atoms with E-state index in [4.69, 9.17) is 4.42 Å². The van der Waals surface area contributed by atoms with Crippen LogP contribution in [0.5, 0.6) is 0 Å². The molecule has 1 heterocycles. The van der Waals surface area contributed by atoms with Crippen molar-refractivity contribution >= 4 is 23.6 Å². The minimum Gasteiger partial charge on any atom is -0.446 e. The maximum atomic E-state index is 13.0. The van der Waals surface area contributed by atoms with E-state index >= 15 is 0 Å². The monoisotopic (exact) mass is 803 g/mol. The third-order valence-electron chi connectivity index (χ3n) is 10.5. The van der Waals surface area contributed by atoms with Crippen LogP contribution in [0.3, 0.4) is 0 Å². The Morgan fingerprint density at radius 3 is 1.00 bits per heavy atom. The topological polar surface area (TPSA) is 154 Å². The second-order valence-corrected chi connectivity index (χ2v) is 17.1. The summed E-state index contributed by atoms with van der Waals surface area (Å²) in [5, 5.41) is 6.73. The van der Waals surface area contributed by atoms with Crippen LogP contribution in [0.25, 0.3) is 0 Å². The molecule has 1 aromatic rings. The van der Waals surface area contributed by atoms with Gasteiger partial charge in [-0.25, -0.2) is 0 Å². The first kappa shape index (κ1) is 52.1. The summed E-state index contributed by atoms with van der Waals surface area (Å²) in [4.78, 5) is 51.6. The molecule has 0 aliphatic heterocycles. The van der Waals surface area contributed by atoms with Crippen molar-refractivity contribution in [1.29, 1.82) is 0 Å². The van der Waals surface area contributed by atoms with Crippen LogP contribution in [0.2, 0.25) is 0 Å². The van der Waals surface area contributed by atoms with E-state index < -0.39 is 23.9 Å². The van der Waals surface area contributed by atoms with Crippen molar-refractivity contribution in [3.63, 3.8) is 0 Å². The molecule has 0 bridgehead atoms. The largest absolute Gasteiger partial charge is 0.446 e. The summed E-state index contributed by atoms with van der Waals surface area (Å²) in [6, 6.07) is 1.82. The highest BCUT2D eigenvalue weighted by molar-refractivity contribution is 5.97. The molecule has 0 unspecified atom stereocenters. The maximum absolute atomic E-state index is 13.0. The lowest BCUT2D eigenvalue weighted by atomic mass is 10.0. The number of amides is 4. The second kappa shape index (κ2) is 35.1. The number of nitrogens with one attached hydrogen (secondary N) is 6. The van der Waals surface area contributed by atoms with E-state index in [-0.39, 0.29) is 35.2 Å². The molecule has 0 fully saturated rings. The van der Waals surface area contributed by atoms with Crippen LogP contribution in [0.15, 0.2) is 16.5 Å². The molecule has 0 spiro atoms. The quantitative estimate of drug-likeness (QED) is 0.0292. The number of hydrazine groups is 2. The summed E-state index contributed by atoms with van der Waals surface area (Å²) >= 11 is 0. The van der Waals surface area contributed by atoms with Gasteiger partial charge in [-0.3, -0.25) is 40.9 Å². The van der Waals surface area contributed by atoms with Crippen LogP contribution in [0, 0.1) is 11.8 Å². The summed E-state index contributed by atoms with van der Waals surface area (Å²) in [5.74, 6) is -1.74. The van der Waals surface area contributed by atoms with Crippen molar-refractivity contribution < 1.29 is 23.6 Å². The lowest BCUT2D eigenvalue weighted by molar-refractivity contribution is -0.125. The lowest BCUT2D eigenvalue weighted by Gasteiger charge is -2.20. The number of rotatable bonds is 36. The third kappa shape index (κ3) is 28.2. The molecular weight excluding hydrogens is 717 g/mol. The molecule has 1 rings (SSSR count). The fourth-order valence-corrected chi connectivity index (χ4v) is 7.11. The Hall–Kier alpha value is -2.92. The molecule has 0 aliphatic rings. The molecule has 0 aliphatic carbocycles. The van der Waals surface area contributed by atoms with Crippen LogP contribution in [0.4, 0.5) is 0 Å². The molecule has 11 heteroatoms. The Balaban J connectivity index is 2.37. The molecule has 1 aromatic heterocycles. The van der Waals surface area contributed by atoms with Crippen molar-refractivity contribution in [2.75, 3.05) is 13.1 Å². The highest BCUT2D eigenvalue weighted by Crippen LogP contribution is 2.14. The van der Waals surface area contributed by atoms with Crippen molar-refractivity contribution in [1.82, 2.24) is 32.3 Å². The molecule has 6 N–H and O–H groups in total. The van der Waals surface area contributed by atoms with E-state index in [1.165, 1.54) is 141 Å². The van der Waals surface area contributed by atoms with Gasteiger partial charge >= 0.3 is 11.8 Å². The van der Waals surface area contributed by atoms with Gasteiger partial charge in [-0.05, 0) is 62.7 Å². The van der Waals surface area contributed by atoms with Crippen LogP contribution in [-0.2, 0) is 9.59 Å². The number of carbonyl (C=O) groups excluding carboxylic acids is 4. The Kier molecular flexibility index (Phi) is 32.0. The van der Waals surface area contributed by atoms with Gasteiger partial charge in [-0.15, -0.1) is 0 Å². The Morgan fingerprint density at radius 1 is 0.439 bits per heavy atom. The first-order valence-corrected chi connectivity index (χ1v) is 23.4. The van der Waals surface area contributed by atoms with Gasteiger partial charge in [0.2, 0.25) is 0 Å². The summed E-state index contributed by atoms with van der Waals surface area (Å²) in [5.41, 5.74) is 9.83. The lowest BCUT2D eigenvalue weighted by Crippen LogP contribution is -2.51. The minimum atomic E-state index is -0.685. The van der Waals surface area contributed by atoms with Crippen molar-refractivity contribution in [3.8, 4) is 0 Å². The zero-order valence-corrected chi connectivity index (χ0v) is 37.3. The first-order valence-electron chi connectivity index (χ1n) is 23.4. The van der Waals surface area contributed by atoms with E-state index in [1.807, 2.05) is 0 Å². The maximum Gasteiger partial charge on any atom is 0.305 e. The summed E-state index contributed by atoms with van der Waals surface area (Å²) in [6.07, 6.45) is 31.9. The van der Waals surface area contributed by atoms with E-state index in [2.05, 4.69) is 73.9 Å². The number of carbonyl (C=O) groups is 4. The smallest absolute Gasteiger partial charge is 0.305 e. The highest BCUT2D eigenvalue weighted by atomic mass is 16.4. The summed E-state index contributed by atoms with van der Waals surface area (Å²) < 4.78 is 5.47. The molecule has 57 heavy (non-hydrogen) atoms. The fraction of sp³-hybridized carbons (Fsp3) is 0.826. The molecule has 0 saturated heterocycles. The molecule has 330 valence electrons. The van der Waals surface area contributed by atoms with E-state index in [9.17, 15) is 19.2 Å². The molecular formula is C46H86N6O5. The standard InChI is InChI=1S/C46H86N6O5/c1-7-9-11-13-15-17-19-21-23-25-27-29-33-47-39(35-37(3)4)43(53)49-51-45(55)41-31-32-42(57-41)46(56)52-50-44(54)40(36-38(5)6)48-34-30-28-26-24-22-20-18-16-14-12-10-8-2/h31-32,37-40,47-48H,7-30,33-36H2,1-6H3,(H,49,53)(H,50,54)(H,51,55)(H,52,56)/t39-,40-/m0/s1. The van der Waals surface area contributed by atoms with Gasteiger partial charge in [-0.2, -0.15) is 0 Å². The van der Waals surface area contributed by atoms with E-state index in [0.29, 0.717) is 12.8 Å². The average Bonchev–Trinajstić information content (AvgIpc) is 3.69. The number of unbranched alkanes of at least 4 members (excludes halogenated alkanes) is 22. The van der Waals surface area contributed by atoms with Gasteiger partial charge < -0.3 is 15.1 Å². The SMILES string of the molecule is CCCCCCCCCCCCCCN[C@@H](CC(C)C)C(=O)NNC(=O)c1ccc(C(=O)NNC(=O)[C@H](CC(C)C)NCCCCCCCCCCCCCC)o1. The van der Waals surface area contributed by atoms with E-state index in [0.717, 1.165) is 38.8 Å². The molecule has 4 amide bonds. The Morgan fingerprint density at radius 2 is 0.719 bits per heavy atom. The predicted octanol–water partition coefficient (Wildman–Crippen LogP) is 10.2. The summed E-state index contributed by atoms with van der Waals surface area (Å²) in [6.45, 7) is 14.2. The molecule has 11 nitrogen and oxygen atoms in total. The zero-order valence-electron chi connectivity index (χ0n) is 37.3. The van der Waals surface area contributed by atoms with Crippen LogP contribution in [-0.4, -0.2) is 48.8 Å². The number of hydrogen-bond donors (Lipinski definition) is 6. The Bertz CT molecular complexity index is 1090. The number of furan rings is 1. The van der Waals surface area contributed by atoms with Gasteiger partial charge in [0.05, 0.1) is 12.1 Å². The van der Waals surface area contributed by atoms with Crippen LogP contribution >= 0.6 is 0 Å². The Labute approximate surface area is 347 Å². The average molecular weight is 803 g/mol. The molecule has 2 atom stereocenters. The van der Waals surface area contributed by atoms with Gasteiger partial charge in [0.15, 0.2) is 11.5 Å². The predicted molar refractivity (Wildman–Crippen MR) is 235 cm³/mol.